The average Bonchev–Trinajstić information content (AvgIpc) is 2.27. The quantitative estimate of drug-likeness (QED) is 0.649. The molecule has 0 N–H and O–H groups in total. The molecule has 1 heterocycles. The molecule has 0 spiro atoms. The number of aromatic nitrogens is 2. The third-order valence-electron chi connectivity index (χ3n) is 1.78. The summed E-state index contributed by atoms with van der Waals surface area (Å²) in [5.74, 6) is 0.975. The summed E-state index contributed by atoms with van der Waals surface area (Å²) in [4.78, 5) is 1.98. The van der Waals surface area contributed by atoms with E-state index >= 15 is 0 Å². The van der Waals surface area contributed by atoms with Crippen LogP contribution in [0.4, 0.5) is 11.5 Å². The molecule has 5 nitrogen and oxygen atoms in total. The molecular weight excluding hydrogens is 166 g/mol. The van der Waals surface area contributed by atoms with Crippen LogP contribution >= 0.6 is 0 Å². The smallest absolute Gasteiger partial charge is 0.154 e. The highest BCUT2D eigenvalue weighted by Gasteiger charge is 2.13. The largest absolute Gasteiger partial charge is 0.361 e. The molecule has 0 radical (unpaired) electrons. The maximum atomic E-state index is 4.27. The third kappa shape index (κ3) is 1.68. The Bertz CT molecular complexity index is 324. The standard InChI is InChI=1S/C8H15N5/c1-6-7(10-9-2)8(12(3)4)13(5)11-6/h1-5H3. The van der Waals surface area contributed by atoms with Crippen molar-refractivity contribution in [3.8, 4) is 0 Å². The van der Waals surface area contributed by atoms with Crippen LogP contribution in [0.5, 0.6) is 0 Å². The van der Waals surface area contributed by atoms with Gasteiger partial charge in [-0.15, -0.1) is 0 Å². The van der Waals surface area contributed by atoms with Crippen LogP contribution in [-0.4, -0.2) is 30.9 Å². The molecule has 0 aromatic carbocycles. The van der Waals surface area contributed by atoms with E-state index in [-0.39, 0.29) is 0 Å². The summed E-state index contributed by atoms with van der Waals surface area (Å²) >= 11 is 0. The lowest BCUT2D eigenvalue weighted by Gasteiger charge is -2.12. The summed E-state index contributed by atoms with van der Waals surface area (Å²) in [5.41, 5.74) is 1.74. The van der Waals surface area contributed by atoms with E-state index < -0.39 is 0 Å². The van der Waals surface area contributed by atoms with E-state index in [1.54, 1.807) is 11.7 Å². The lowest BCUT2D eigenvalue weighted by atomic mass is 10.4. The van der Waals surface area contributed by atoms with Crippen LogP contribution in [0.1, 0.15) is 5.69 Å². The molecule has 0 saturated heterocycles. The van der Waals surface area contributed by atoms with Crippen LogP contribution in [0.3, 0.4) is 0 Å². The zero-order valence-electron chi connectivity index (χ0n) is 8.74. The second-order valence-electron chi connectivity index (χ2n) is 3.08. The fraction of sp³-hybridized carbons (Fsp3) is 0.625. The van der Waals surface area contributed by atoms with Crippen molar-refractivity contribution >= 4 is 11.5 Å². The van der Waals surface area contributed by atoms with Gasteiger partial charge in [-0.2, -0.15) is 15.3 Å². The molecule has 0 bridgehead atoms. The number of hydrogen-bond acceptors (Lipinski definition) is 4. The first-order valence-electron chi connectivity index (χ1n) is 4.08. The predicted octanol–water partition coefficient (Wildman–Crippen LogP) is 1.51. The zero-order chi connectivity index (χ0) is 10.0. The Morgan fingerprint density at radius 2 is 2.00 bits per heavy atom. The van der Waals surface area contributed by atoms with E-state index in [1.165, 1.54) is 0 Å². The van der Waals surface area contributed by atoms with Gasteiger partial charge in [0.25, 0.3) is 0 Å². The molecule has 0 aliphatic heterocycles. The van der Waals surface area contributed by atoms with Crippen molar-refractivity contribution in [3.05, 3.63) is 5.69 Å². The van der Waals surface area contributed by atoms with Gasteiger partial charge in [-0.1, -0.05) is 0 Å². The predicted molar refractivity (Wildman–Crippen MR) is 52.7 cm³/mol. The average molecular weight is 181 g/mol. The summed E-state index contributed by atoms with van der Waals surface area (Å²) in [6, 6.07) is 0. The Morgan fingerprint density at radius 3 is 2.46 bits per heavy atom. The molecule has 72 valence electrons. The van der Waals surface area contributed by atoms with Crippen molar-refractivity contribution in [1.82, 2.24) is 9.78 Å². The highest BCUT2D eigenvalue weighted by atomic mass is 15.4. The molecular formula is C8H15N5. The maximum Gasteiger partial charge on any atom is 0.154 e. The number of azo groups is 1. The van der Waals surface area contributed by atoms with Gasteiger partial charge in [0.2, 0.25) is 0 Å². The van der Waals surface area contributed by atoms with Crippen molar-refractivity contribution in [3.63, 3.8) is 0 Å². The second-order valence-corrected chi connectivity index (χ2v) is 3.08. The van der Waals surface area contributed by atoms with Crippen molar-refractivity contribution in [1.29, 1.82) is 0 Å². The van der Waals surface area contributed by atoms with Gasteiger partial charge in [-0.3, -0.25) is 4.68 Å². The van der Waals surface area contributed by atoms with Crippen LogP contribution in [-0.2, 0) is 7.05 Å². The normalized spacial score (nSPS) is 11.2. The first kappa shape index (κ1) is 9.70. The highest BCUT2D eigenvalue weighted by Crippen LogP contribution is 2.30. The highest BCUT2D eigenvalue weighted by molar-refractivity contribution is 5.64. The van der Waals surface area contributed by atoms with Crippen molar-refractivity contribution in [2.24, 2.45) is 17.3 Å². The monoisotopic (exact) mass is 181 g/mol. The van der Waals surface area contributed by atoms with Gasteiger partial charge < -0.3 is 4.90 Å². The van der Waals surface area contributed by atoms with Crippen molar-refractivity contribution in [2.45, 2.75) is 6.92 Å². The van der Waals surface area contributed by atoms with E-state index in [4.69, 9.17) is 0 Å². The third-order valence-corrected chi connectivity index (χ3v) is 1.78. The second kappa shape index (κ2) is 3.55. The molecule has 1 aromatic rings. The maximum absolute atomic E-state index is 4.27. The van der Waals surface area contributed by atoms with Crippen molar-refractivity contribution in [2.75, 3.05) is 26.0 Å². The molecule has 0 aliphatic carbocycles. The minimum atomic E-state index is 0.843. The topological polar surface area (TPSA) is 45.8 Å². The summed E-state index contributed by atoms with van der Waals surface area (Å²) in [6.45, 7) is 1.93. The molecule has 13 heavy (non-hydrogen) atoms. The van der Waals surface area contributed by atoms with Gasteiger partial charge in [0, 0.05) is 28.2 Å². The fourth-order valence-electron chi connectivity index (χ4n) is 1.35. The van der Waals surface area contributed by atoms with Crippen molar-refractivity contribution < 1.29 is 0 Å². The molecule has 0 atom stereocenters. The minimum Gasteiger partial charge on any atom is -0.361 e. The van der Waals surface area contributed by atoms with Crippen LogP contribution in [0.2, 0.25) is 0 Å². The summed E-state index contributed by atoms with van der Waals surface area (Å²) in [5, 5.41) is 12.1. The number of hydrogen-bond donors (Lipinski definition) is 0. The van der Waals surface area contributed by atoms with Crippen LogP contribution in [0.25, 0.3) is 0 Å². The van der Waals surface area contributed by atoms with E-state index in [9.17, 15) is 0 Å². The molecule has 0 saturated carbocycles. The number of nitrogens with zero attached hydrogens (tertiary/aromatic N) is 5. The van der Waals surface area contributed by atoms with Gasteiger partial charge in [0.05, 0.1) is 5.69 Å². The summed E-state index contributed by atoms with van der Waals surface area (Å²) in [6.07, 6.45) is 0. The lowest BCUT2D eigenvalue weighted by Crippen LogP contribution is -2.13. The van der Waals surface area contributed by atoms with Gasteiger partial charge in [0.1, 0.15) is 0 Å². The van der Waals surface area contributed by atoms with Gasteiger partial charge in [-0.05, 0) is 6.92 Å². The van der Waals surface area contributed by atoms with Crippen LogP contribution in [0, 0.1) is 6.92 Å². The Hall–Kier alpha value is -1.39. The Labute approximate surface area is 78.1 Å². The molecule has 1 aromatic heterocycles. The molecule has 1 rings (SSSR count). The van der Waals surface area contributed by atoms with E-state index in [0.29, 0.717) is 0 Å². The Balaban J connectivity index is 3.29. The number of anilines is 1. The Kier molecular flexibility index (Phi) is 2.65. The first-order valence-corrected chi connectivity index (χ1v) is 4.08. The SMILES string of the molecule is CN=Nc1c(C)nn(C)c1N(C)C. The molecule has 0 fully saturated rings. The van der Waals surface area contributed by atoms with Gasteiger partial charge in [0.15, 0.2) is 11.5 Å². The van der Waals surface area contributed by atoms with E-state index in [1.807, 2.05) is 33.0 Å². The lowest BCUT2D eigenvalue weighted by molar-refractivity contribution is 0.745. The fourth-order valence-corrected chi connectivity index (χ4v) is 1.35. The minimum absolute atomic E-state index is 0.843. The van der Waals surface area contributed by atoms with Crippen LogP contribution < -0.4 is 4.90 Å². The number of rotatable bonds is 2. The summed E-state index contributed by atoms with van der Waals surface area (Å²) in [7, 11) is 7.49. The van der Waals surface area contributed by atoms with E-state index in [0.717, 1.165) is 17.2 Å². The zero-order valence-corrected chi connectivity index (χ0v) is 8.74. The molecule has 0 aliphatic rings. The number of aryl methyl sites for hydroxylation is 2. The van der Waals surface area contributed by atoms with Crippen LogP contribution in [0.15, 0.2) is 10.2 Å². The molecule has 0 unspecified atom stereocenters. The van der Waals surface area contributed by atoms with Gasteiger partial charge in [-0.25, -0.2) is 0 Å². The van der Waals surface area contributed by atoms with E-state index in [2.05, 4.69) is 15.3 Å². The summed E-state index contributed by atoms with van der Waals surface area (Å²) < 4.78 is 1.80. The molecule has 5 heteroatoms. The van der Waals surface area contributed by atoms with Gasteiger partial charge >= 0.3 is 0 Å². The Morgan fingerprint density at radius 1 is 1.38 bits per heavy atom. The molecule has 0 amide bonds. The first-order chi connectivity index (χ1) is 6.07.